The molecule has 0 radical (unpaired) electrons. The first-order chi connectivity index (χ1) is 7.58. The Labute approximate surface area is 101 Å². The molecule has 0 aromatic carbocycles. The van der Waals surface area contributed by atoms with Crippen LogP contribution in [0.4, 0.5) is 0 Å². The highest BCUT2D eigenvalue weighted by molar-refractivity contribution is 4.93. The lowest BCUT2D eigenvalue weighted by molar-refractivity contribution is 0.165. The van der Waals surface area contributed by atoms with Gasteiger partial charge >= 0.3 is 0 Å². The Kier molecular flexibility index (Phi) is 5.50. The summed E-state index contributed by atoms with van der Waals surface area (Å²) in [5, 5.41) is 0. The van der Waals surface area contributed by atoms with Crippen molar-refractivity contribution in [1.29, 1.82) is 0 Å². The highest BCUT2D eigenvalue weighted by atomic mass is 15.1. The number of nitrogens with two attached hydrogens (primary N) is 1. The molecule has 0 atom stereocenters. The molecule has 0 unspecified atom stereocenters. The molecule has 0 aromatic rings. The molecule has 0 spiro atoms. The van der Waals surface area contributed by atoms with Crippen LogP contribution >= 0.6 is 0 Å². The second-order valence-corrected chi connectivity index (χ2v) is 5.75. The summed E-state index contributed by atoms with van der Waals surface area (Å²) >= 11 is 0. The minimum absolute atomic E-state index is 0.376. The molecule has 1 aliphatic carbocycles. The molecular weight excluding hydrogens is 196 g/mol. The third kappa shape index (κ3) is 4.26. The molecule has 0 aromatic heterocycles. The highest BCUT2D eigenvalue weighted by Crippen LogP contribution is 2.34. The number of likely N-dealkylation sites (N-methyl/N-ethyl adjacent to an activating group) is 1. The smallest absolute Gasteiger partial charge is 0.0184 e. The predicted molar refractivity (Wildman–Crippen MR) is 71.5 cm³/mol. The van der Waals surface area contributed by atoms with Gasteiger partial charge < -0.3 is 10.6 Å². The van der Waals surface area contributed by atoms with Crippen LogP contribution in [0, 0.1) is 5.41 Å². The molecule has 2 heteroatoms. The monoisotopic (exact) mass is 224 g/mol. The van der Waals surface area contributed by atoms with E-state index in [9.17, 15) is 0 Å². The maximum Gasteiger partial charge on any atom is 0.0184 e. The summed E-state index contributed by atoms with van der Waals surface area (Å²) in [4.78, 5) is 2.39. The third-order valence-corrected chi connectivity index (χ3v) is 3.74. The number of hydrogen-bond acceptors (Lipinski definition) is 2. The molecule has 1 fully saturated rings. The van der Waals surface area contributed by atoms with Gasteiger partial charge in [0.25, 0.3) is 0 Å². The molecule has 2 nitrogen and oxygen atoms in total. The van der Waals surface area contributed by atoms with Crippen molar-refractivity contribution in [3.05, 3.63) is 12.2 Å². The maximum absolute atomic E-state index is 6.04. The lowest BCUT2D eigenvalue weighted by Gasteiger charge is -2.35. The third-order valence-electron chi connectivity index (χ3n) is 3.74. The van der Waals surface area contributed by atoms with Gasteiger partial charge in [0.1, 0.15) is 0 Å². The molecule has 0 heterocycles. The van der Waals surface area contributed by atoms with Crippen LogP contribution < -0.4 is 5.73 Å². The van der Waals surface area contributed by atoms with Crippen LogP contribution in [0.15, 0.2) is 12.2 Å². The van der Waals surface area contributed by atoms with E-state index in [1.807, 2.05) is 0 Å². The van der Waals surface area contributed by atoms with E-state index in [4.69, 9.17) is 5.73 Å². The molecular formula is C14H28N2. The summed E-state index contributed by atoms with van der Waals surface area (Å²) < 4.78 is 0. The van der Waals surface area contributed by atoms with E-state index in [0.717, 1.165) is 19.6 Å². The van der Waals surface area contributed by atoms with E-state index in [1.165, 1.54) is 44.1 Å². The van der Waals surface area contributed by atoms with E-state index in [0.29, 0.717) is 5.41 Å². The number of hydrogen-bond donors (Lipinski definition) is 1. The second-order valence-electron chi connectivity index (χ2n) is 5.75. The topological polar surface area (TPSA) is 29.3 Å². The fourth-order valence-electron chi connectivity index (χ4n) is 2.99. The summed E-state index contributed by atoms with van der Waals surface area (Å²) in [7, 11) is 2.19. The molecule has 16 heavy (non-hydrogen) atoms. The fourth-order valence-corrected chi connectivity index (χ4v) is 2.99. The van der Waals surface area contributed by atoms with Crippen molar-refractivity contribution in [1.82, 2.24) is 4.90 Å². The SMILES string of the molecule is C=C(C)CN(C)CC1(CN)CCCCCC1. The molecule has 0 saturated heterocycles. The minimum atomic E-state index is 0.376. The summed E-state index contributed by atoms with van der Waals surface area (Å²) in [6, 6.07) is 0. The summed E-state index contributed by atoms with van der Waals surface area (Å²) in [5.41, 5.74) is 7.65. The standard InChI is InChI=1S/C14H28N2/c1-13(2)10-16(3)12-14(11-15)8-6-4-5-7-9-14/h1,4-12,15H2,2-3H3. The second kappa shape index (κ2) is 6.41. The zero-order valence-electron chi connectivity index (χ0n) is 11.1. The summed E-state index contributed by atoms with van der Waals surface area (Å²) in [6.45, 7) is 9.06. The van der Waals surface area contributed by atoms with Crippen molar-refractivity contribution < 1.29 is 0 Å². The maximum atomic E-state index is 6.04. The molecule has 0 amide bonds. The van der Waals surface area contributed by atoms with Crippen LogP contribution in [0.3, 0.4) is 0 Å². The van der Waals surface area contributed by atoms with Gasteiger partial charge in [-0.3, -0.25) is 0 Å². The van der Waals surface area contributed by atoms with Gasteiger partial charge in [0.2, 0.25) is 0 Å². The molecule has 2 N–H and O–H groups in total. The fraction of sp³-hybridized carbons (Fsp3) is 0.857. The molecule has 1 rings (SSSR count). The molecule has 1 aliphatic rings. The van der Waals surface area contributed by atoms with Crippen LogP contribution in [0.5, 0.6) is 0 Å². The van der Waals surface area contributed by atoms with Crippen LogP contribution in [0.1, 0.15) is 45.4 Å². The van der Waals surface area contributed by atoms with Gasteiger partial charge in [0.05, 0.1) is 0 Å². The van der Waals surface area contributed by atoms with Crippen molar-refractivity contribution in [3.8, 4) is 0 Å². The van der Waals surface area contributed by atoms with Crippen molar-refractivity contribution in [2.45, 2.75) is 45.4 Å². The molecule has 1 saturated carbocycles. The average Bonchev–Trinajstić information content (AvgIpc) is 2.43. The van der Waals surface area contributed by atoms with Crippen LogP contribution in [0.2, 0.25) is 0 Å². The van der Waals surface area contributed by atoms with E-state index in [1.54, 1.807) is 0 Å². The normalized spacial score (nSPS) is 20.8. The van der Waals surface area contributed by atoms with Gasteiger partial charge in [0, 0.05) is 13.1 Å². The van der Waals surface area contributed by atoms with Crippen molar-refractivity contribution in [3.63, 3.8) is 0 Å². The van der Waals surface area contributed by atoms with Gasteiger partial charge in [-0.05, 0) is 38.8 Å². The summed E-state index contributed by atoms with van der Waals surface area (Å²) in [5.74, 6) is 0. The van der Waals surface area contributed by atoms with Crippen LogP contribution in [0.25, 0.3) is 0 Å². The van der Waals surface area contributed by atoms with E-state index in [-0.39, 0.29) is 0 Å². The van der Waals surface area contributed by atoms with Gasteiger partial charge in [-0.1, -0.05) is 37.8 Å². The molecule has 0 bridgehead atoms. The Balaban J connectivity index is 2.53. The lowest BCUT2D eigenvalue weighted by Crippen LogP contribution is -2.41. The summed E-state index contributed by atoms with van der Waals surface area (Å²) in [6.07, 6.45) is 8.13. The quantitative estimate of drug-likeness (QED) is 0.575. The molecule has 94 valence electrons. The van der Waals surface area contributed by atoms with E-state index in [2.05, 4.69) is 25.5 Å². The largest absolute Gasteiger partial charge is 0.330 e. The Morgan fingerprint density at radius 3 is 2.25 bits per heavy atom. The van der Waals surface area contributed by atoms with E-state index < -0.39 is 0 Å². The highest BCUT2D eigenvalue weighted by Gasteiger charge is 2.30. The van der Waals surface area contributed by atoms with E-state index >= 15 is 0 Å². The first-order valence-corrected chi connectivity index (χ1v) is 6.61. The van der Waals surface area contributed by atoms with Crippen molar-refractivity contribution >= 4 is 0 Å². The first-order valence-electron chi connectivity index (χ1n) is 6.61. The van der Waals surface area contributed by atoms with Crippen molar-refractivity contribution in [2.75, 3.05) is 26.7 Å². The van der Waals surface area contributed by atoms with Crippen LogP contribution in [-0.2, 0) is 0 Å². The lowest BCUT2D eigenvalue weighted by atomic mass is 9.80. The van der Waals surface area contributed by atoms with Crippen molar-refractivity contribution in [2.24, 2.45) is 11.1 Å². The number of nitrogens with zero attached hydrogens (tertiary/aromatic N) is 1. The Morgan fingerprint density at radius 1 is 1.25 bits per heavy atom. The molecule has 0 aliphatic heterocycles. The predicted octanol–water partition coefficient (Wildman–Crippen LogP) is 2.79. The first kappa shape index (κ1) is 13.7. The van der Waals surface area contributed by atoms with Gasteiger partial charge in [0.15, 0.2) is 0 Å². The Bertz CT molecular complexity index is 215. The Hall–Kier alpha value is -0.340. The minimum Gasteiger partial charge on any atom is -0.330 e. The van der Waals surface area contributed by atoms with Gasteiger partial charge in [-0.15, -0.1) is 0 Å². The zero-order chi connectivity index (χ0) is 12.0. The van der Waals surface area contributed by atoms with Gasteiger partial charge in [-0.25, -0.2) is 0 Å². The Morgan fingerprint density at radius 2 is 1.81 bits per heavy atom. The van der Waals surface area contributed by atoms with Crippen LogP contribution in [-0.4, -0.2) is 31.6 Å². The number of rotatable bonds is 5. The zero-order valence-corrected chi connectivity index (χ0v) is 11.1. The average molecular weight is 224 g/mol. The van der Waals surface area contributed by atoms with Gasteiger partial charge in [-0.2, -0.15) is 0 Å².